The molecule has 1 aliphatic heterocycles. The summed E-state index contributed by atoms with van der Waals surface area (Å²) in [5.41, 5.74) is 1.05. The second-order valence-electron chi connectivity index (χ2n) is 6.38. The highest BCUT2D eigenvalue weighted by atomic mass is 16.2. The molecule has 0 bridgehead atoms. The van der Waals surface area contributed by atoms with Crippen LogP contribution in [0.2, 0.25) is 0 Å². The second-order valence-corrected chi connectivity index (χ2v) is 6.38. The number of amides is 2. The number of pyridine rings is 1. The van der Waals surface area contributed by atoms with E-state index in [0.717, 1.165) is 38.8 Å². The number of nitrogens with zero attached hydrogens (tertiary/aromatic N) is 3. The standard InChI is InChI=1S/C18H24N4O2/c1-3-13(2)19-17(23)16-20-15(14-9-5-8-12-22(14)16)18(24)21-10-6-4-7-11-21/h5,8-9,12-13H,3-4,6-7,10-11H2,1-2H3,(H,19,23). The van der Waals surface area contributed by atoms with E-state index in [0.29, 0.717) is 11.2 Å². The molecule has 0 radical (unpaired) electrons. The zero-order chi connectivity index (χ0) is 17.1. The summed E-state index contributed by atoms with van der Waals surface area (Å²) in [6.45, 7) is 5.49. The average Bonchev–Trinajstić information content (AvgIpc) is 3.01. The molecule has 1 saturated heterocycles. The summed E-state index contributed by atoms with van der Waals surface area (Å²) in [7, 11) is 0. The summed E-state index contributed by atoms with van der Waals surface area (Å²) in [5, 5.41) is 2.92. The summed E-state index contributed by atoms with van der Waals surface area (Å²) in [6.07, 6.45) is 5.84. The fourth-order valence-electron chi connectivity index (χ4n) is 2.99. The Morgan fingerprint density at radius 2 is 2.00 bits per heavy atom. The van der Waals surface area contributed by atoms with E-state index in [2.05, 4.69) is 10.3 Å². The van der Waals surface area contributed by atoms with Gasteiger partial charge in [-0.05, 0) is 44.7 Å². The Hall–Kier alpha value is -2.37. The van der Waals surface area contributed by atoms with Crippen LogP contribution in [0.3, 0.4) is 0 Å². The molecule has 0 aromatic carbocycles. The van der Waals surface area contributed by atoms with E-state index in [-0.39, 0.29) is 23.7 Å². The number of hydrogen-bond acceptors (Lipinski definition) is 3. The van der Waals surface area contributed by atoms with Gasteiger partial charge in [0.25, 0.3) is 11.8 Å². The molecule has 1 N–H and O–H groups in total. The van der Waals surface area contributed by atoms with Gasteiger partial charge in [0.05, 0.1) is 5.52 Å². The first-order valence-electron chi connectivity index (χ1n) is 8.69. The number of piperidine rings is 1. The molecule has 0 spiro atoms. The maximum atomic E-state index is 12.8. The highest BCUT2D eigenvalue weighted by molar-refractivity contribution is 6.02. The average molecular weight is 328 g/mol. The number of nitrogens with one attached hydrogen (secondary N) is 1. The first-order chi connectivity index (χ1) is 11.6. The van der Waals surface area contributed by atoms with Crippen molar-refractivity contribution in [3.05, 3.63) is 35.9 Å². The molecule has 6 nitrogen and oxygen atoms in total. The monoisotopic (exact) mass is 328 g/mol. The van der Waals surface area contributed by atoms with Crippen molar-refractivity contribution in [1.82, 2.24) is 19.6 Å². The van der Waals surface area contributed by atoms with Crippen LogP contribution in [0, 0.1) is 0 Å². The third kappa shape index (κ3) is 3.13. The lowest BCUT2D eigenvalue weighted by Gasteiger charge is -2.25. The number of likely N-dealkylation sites (tertiary alicyclic amines) is 1. The molecule has 0 aliphatic carbocycles. The van der Waals surface area contributed by atoms with Crippen LogP contribution in [-0.4, -0.2) is 45.2 Å². The highest BCUT2D eigenvalue weighted by Crippen LogP contribution is 2.18. The number of carbonyl (C=O) groups is 2. The van der Waals surface area contributed by atoms with Crippen molar-refractivity contribution < 1.29 is 9.59 Å². The van der Waals surface area contributed by atoms with E-state index in [4.69, 9.17) is 0 Å². The van der Waals surface area contributed by atoms with Gasteiger partial charge in [0.1, 0.15) is 0 Å². The van der Waals surface area contributed by atoms with Crippen LogP contribution < -0.4 is 5.32 Å². The number of aromatic nitrogens is 2. The van der Waals surface area contributed by atoms with Gasteiger partial charge < -0.3 is 10.2 Å². The predicted molar refractivity (Wildman–Crippen MR) is 92.2 cm³/mol. The van der Waals surface area contributed by atoms with Gasteiger partial charge >= 0.3 is 0 Å². The van der Waals surface area contributed by atoms with E-state index in [1.807, 2.05) is 36.9 Å². The minimum atomic E-state index is -0.247. The summed E-state index contributed by atoms with van der Waals surface area (Å²) < 4.78 is 1.70. The summed E-state index contributed by atoms with van der Waals surface area (Å²) in [6, 6.07) is 5.60. The van der Waals surface area contributed by atoms with Crippen molar-refractivity contribution in [2.45, 2.75) is 45.6 Å². The van der Waals surface area contributed by atoms with Crippen molar-refractivity contribution in [2.24, 2.45) is 0 Å². The molecule has 2 aromatic rings. The smallest absolute Gasteiger partial charge is 0.287 e. The van der Waals surface area contributed by atoms with Crippen LogP contribution in [0.25, 0.3) is 5.52 Å². The van der Waals surface area contributed by atoms with Gasteiger partial charge in [-0.1, -0.05) is 13.0 Å². The van der Waals surface area contributed by atoms with Crippen LogP contribution in [0.4, 0.5) is 0 Å². The third-order valence-corrected chi connectivity index (χ3v) is 4.59. The second kappa shape index (κ2) is 7.03. The minimum absolute atomic E-state index is 0.0646. The maximum Gasteiger partial charge on any atom is 0.287 e. The number of hydrogen-bond donors (Lipinski definition) is 1. The van der Waals surface area contributed by atoms with Gasteiger partial charge in [-0.25, -0.2) is 4.98 Å². The lowest BCUT2D eigenvalue weighted by Crippen LogP contribution is -2.36. The summed E-state index contributed by atoms with van der Waals surface area (Å²) >= 11 is 0. The molecular formula is C18H24N4O2. The lowest BCUT2D eigenvalue weighted by atomic mass is 10.1. The fourth-order valence-corrected chi connectivity index (χ4v) is 2.99. The highest BCUT2D eigenvalue weighted by Gasteiger charge is 2.26. The molecule has 2 aromatic heterocycles. The molecule has 3 rings (SSSR count). The Kier molecular flexibility index (Phi) is 4.83. The van der Waals surface area contributed by atoms with Gasteiger partial charge in [0, 0.05) is 25.3 Å². The van der Waals surface area contributed by atoms with E-state index >= 15 is 0 Å². The molecule has 1 aliphatic rings. The number of rotatable bonds is 4. The SMILES string of the molecule is CCC(C)NC(=O)c1nc(C(=O)N2CCCCC2)c2ccccn12. The first kappa shape index (κ1) is 16.5. The Morgan fingerprint density at radius 3 is 2.71 bits per heavy atom. The lowest BCUT2D eigenvalue weighted by molar-refractivity contribution is 0.0721. The predicted octanol–water partition coefficient (Wildman–Crippen LogP) is 2.49. The quantitative estimate of drug-likeness (QED) is 0.937. The van der Waals surface area contributed by atoms with E-state index in [1.165, 1.54) is 0 Å². The Morgan fingerprint density at radius 1 is 1.25 bits per heavy atom. The summed E-state index contributed by atoms with van der Waals surface area (Å²) in [5.74, 6) is -0.0597. The molecule has 3 heterocycles. The van der Waals surface area contributed by atoms with Crippen molar-refractivity contribution >= 4 is 17.3 Å². The third-order valence-electron chi connectivity index (χ3n) is 4.59. The van der Waals surface area contributed by atoms with Crippen molar-refractivity contribution in [3.63, 3.8) is 0 Å². The summed E-state index contributed by atoms with van der Waals surface area (Å²) in [4.78, 5) is 31.6. The zero-order valence-corrected chi connectivity index (χ0v) is 14.3. The van der Waals surface area contributed by atoms with Crippen molar-refractivity contribution in [2.75, 3.05) is 13.1 Å². The first-order valence-corrected chi connectivity index (χ1v) is 8.69. The van der Waals surface area contributed by atoms with E-state index in [9.17, 15) is 9.59 Å². The zero-order valence-electron chi connectivity index (χ0n) is 14.3. The van der Waals surface area contributed by atoms with E-state index < -0.39 is 0 Å². The van der Waals surface area contributed by atoms with Crippen LogP contribution in [0.5, 0.6) is 0 Å². The van der Waals surface area contributed by atoms with Crippen LogP contribution in [0.15, 0.2) is 24.4 Å². The van der Waals surface area contributed by atoms with Crippen molar-refractivity contribution in [1.29, 1.82) is 0 Å². The minimum Gasteiger partial charge on any atom is -0.347 e. The molecule has 24 heavy (non-hydrogen) atoms. The van der Waals surface area contributed by atoms with Gasteiger partial charge in [0.2, 0.25) is 5.82 Å². The van der Waals surface area contributed by atoms with Crippen LogP contribution in [-0.2, 0) is 0 Å². The fraction of sp³-hybridized carbons (Fsp3) is 0.500. The molecule has 1 fully saturated rings. The molecule has 0 saturated carbocycles. The van der Waals surface area contributed by atoms with E-state index in [1.54, 1.807) is 10.6 Å². The maximum absolute atomic E-state index is 12.8. The number of imidazole rings is 1. The molecule has 2 amide bonds. The topological polar surface area (TPSA) is 66.7 Å². The molecular weight excluding hydrogens is 304 g/mol. The molecule has 1 atom stereocenters. The normalized spacial score (nSPS) is 16.2. The molecule has 1 unspecified atom stereocenters. The van der Waals surface area contributed by atoms with Crippen LogP contribution in [0.1, 0.15) is 60.6 Å². The van der Waals surface area contributed by atoms with Crippen LogP contribution >= 0.6 is 0 Å². The largest absolute Gasteiger partial charge is 0.347 e. The molecule has 6 heteroatoms. The molecule has 128 valence electrons. The number of fused-ring (bicyclic) bond motifs is 1. The number of carbonyl (C=O) groups excluding carboxylic acids is 2. The van der Waals surface area contributed by atoms with Gasteiger partial charge in [-0.2, -0.15) is 0 Å². The van der Waals surface area contributed by atoms with Crippen molar-refractivity contribution in [3.8, 4) is 0 Å². The Balaban J connectivity index is 1.97. The Bertz CT molecular complexity index is 747. The Labute approximate surface area is 141 Å². The van der Waals surface area contributed by atoms with Gasteiger partial charge in [-0.15, -0.1) is 0 Å². The van der Waals surface area contributed by atoms with Gasteiger partial charge in [-0.3, -0.25) is 14.0 Å². The van der Waals surface area contributed by atoms with Gasteiger partial charge in [0.15, 0.2) is 5.69 Å².